The van der Waals surface area contributed by atoms with Gasteiger partial charge in [-0.1, -0.05) is 0 Å². The predicted molar refractivity (Wildman–Crippen MR) is 71.4 cm³/mol. The fourth-order valence-corrected chi connectivity index (χ4v) is 1.47. The fourth-order valence-electron chi connectivity index (χ4n) is 1.47. The summed E-state index contributed by atoms with van der Waals surface area (Å²) in [5.41, 5.74) is -0.266. The smallest absolute Gasteiger partial charge is 0.251 e. The van der Waals surface area contributed by atoms with Crippen LogP contribution in [0.3, 0.4) is 0 Å². The minimum Gasteiger partial charge on any atom is -0.383 e. The SMILES string of the molecule is CNc1c(F)cc(C(=O)NCC(C)N(C)C)cc1F. The van der Waals surface area contributed by atoms with Gasteiger partial charge in [0.05, 0.1) is 0 Å². The topological polar surface area (TPSA) is 44.4 Å². The van der Waals surface area contributed by atoms with E-state index >= 15 is 0 Å². The van der Waals surface area contributed by atoms with Crippen molar-refractivity contribution in [3.63, 3.8) is 0 Å². The lowest BCUT2D eigenvalue weighted by Gasteiger charge is -2.20. The second kappa shape index (κ2) is 6.47. The molecule has 0 fully saturated rings. The number of hydrogen-bond donors (Lipinski definition) is 2. The Balaban J connectivity index is 2.78. The highest BCUT2D eigenvalue weighted by molar-refractivity contribution is 5.94. The summed E-state index contributed by atoms with van der Waals surface area (Å²) in [4.78, 5) is 13.7. The number of nitrogens with one attached hydrogen (secondary N) is 2. The molecule has 0 aromatic heterocycles. The Morgan fingerprint density at radius 1 is 1.32 bits per heavy atom. The van der Waals surface area contributed by atoms with Gasteiger partial charge in [0, 0.05) is 25.2 Å². The van der Waals surface area contributed by atoms with Gasteiger partial charge >= 0.3 is 0 Å². The molecule has 2 N–H and O–H groups in total. The van der Waals surface area contributed by atoms with Crippen LogP contribution in [-0.2, 0) is 0 Å². The lowest BCUT2D eigenvalue weighted by Crippen LogP contribution is -2.38. The molecule has 1 aromatic carbocycles. The maximum atomic E-state index is 13.5. The zero-order chi connectivity index (χ0) is 14.6. The zero-order valence-electron chi connectivity index (χ0n) is 11.6. The van der Waals surface area contributed by atoms with E-state index in [0.29, 0.717) is 6.54 Å². The van der Waals surface area contributed by atoms with Crippen molar-refractivity contribution in [3.8, 4) is 0 Å². The van der Waals surface area contributed by atoms with Crippen molar-refractivity contribution in [1.29, 1.82) is 0 Å². The average molecular weight is 271 g/mol. The fraction of sp³-hybridized carbons (Fsp3) is 0.462. The van der Waals surface area contributed by atoms with Crippen LogP contribution in [0.5, 0.6) is 0 Å². The van der Waals surface area contributed by atoms with Crippen LogP contribution in [0.1, 0.15) is 17.3 Å². The summed E-state index contributed by atoms with van der Waals surface area (Å²) < 4.78 is 27.0. The summed E-state index contributed by atoms with van der Waals surface area (Å²) in [6, 6.07) is 2.17. The third kappa shape index (κ3) is 3.89. The number of anilines is 1. The first-order chi connectivity index (χ1) is 8.86. The highest BCUT2D eigenvalue weighted by atomic mass is 19.1. The standard InChI is InChI=1S/C13H19F2N3O/c1-8(18(3)4)7-17-13(19)9-5-10(14)12(16-2)11(15)6-9/h5-6,8,16H,7H2,1-4H3,(H,17,19). The van der Waals surface area contributed by atoms with Crippen LogP contribution in [0.15, 0.2) is 12.1 Å². The predicted octanol–water partition coefficient (Wildman–Crippen LogP) is 1.69. The number of nitrogens with zero attached hydrogens (tertiary/aromatic N) is 1. The first-order valence-corrected chi connectivity index (χ1v) is 5.98. The molecule has 1 amide bonds. The molecule has 0 heterocycles. The maximum absolute atomic E-state index is 13.5. The van der Waals surface area contributed by atoms with E-state index in [1.54, 1.807) is 0 Å². The van der Waals surface area contributed by atoms with Gasteiger partial charge in [0.25, 0.3) is 5.91 Å². The molecule has 0 saturated heterocycles. The molecule has 0 saturated carbocycles. The molecule has 0 spiro atoms. The lowest BCUT2D eigenvalue weighted by molar-refractivity contribution is 0.0943. The molecule has 6 heteroatoms. The molecule has 0 aliphatic heterocycles. The molecule has 0 aliphatic carbocycles. The number of benzene rings is 1. The molecule has 1 rings (SSSR count). The van der Waals surface area contributed by atoms with Crippen molar-refractivity contribution < 1.29 is 13.6 Å². The van der Waals surface area contributed by atoms with E-state index in [9.17, 15) is 13.6 Å². The molecule has 1 unspecified atom stereocenters. The van der Waals surface area contributed by atoms with Gasteiger partial charge in [0.1, 0.15) is 17.3 Å². The van der Waals surface area contributed by atoms with Crippen LogP contribution in [-0.4, -0.2) is 44.5 Å². The molecule has 4 nitrogen and oxygen atoms in total. The number of hydrogen-bond acceptors (Lipinski definition) is 3. The number of halogens is 2. The van der Waals surface area contributed by atoms with Crippen molar-refractivity contribution in [1.82, 2.24) is 10.2 Å². The highest BCUT2D eigenvalue weighted by Crippen LogP contribution is 2.20. The van der Waals surface area contributed by atoms with Crippen LogP contribution in [0.4, 0.5) is 14.5 Å². The Morgan fingerprint density at radius 3 is 2.26 bits per heavy atom. The molecule has 0 radical (unpaired) electrons. The maximum Gasteiger partial charge on any atom is 0.251 e. The molecule has 1 atom stereocenters. The number of rotatable bonds is 5. The zero-order valence-corrected chi connectivity index (χ0v) is 11.6. The van der Waals surface area contributed by atoms with Gasteiger partial charge in [-0.2, -0.15) is 0 Å². The van der Waals surface area contributed by atoms with E-state index in [1.165, 1.54) is 7.05 Å². The van der Waals surface area contributed by atoms with Gasteiger partial charge in [-0.3, -0.25) is 4.79 Å². The minimum atomic E-state index is -0.784. The van der Waals surface area contributed by atoms with Gasteiger partial charge in [-0.05, 0) is 33.2 Å². The Labute approximate surface area is 111 Å². The van der Waals surface area contributed by atoms with Gasteiger partial charge in [0.15, 0.2) is 0 Å². The number of amides is 1. The quantitative estimate of drug-likeness (QED) is 0.856. The van der Waals surface area contributed by atoms with Crippen molar-refractivity contribution in [2.75, 3.05) is 33.0 Å². The number of carbonyl (C=O) groups excluding carboxylic acids is 1. The van der Waals surface area contributed by atoms with E-state index in [2.05, 4.69) is 10.6 Å². The third-order valence-corrected chi connectivity index (χ3v) is 2.99. The monoisotopic (exact) mass is 271 g/mol. The summed E-state index contributed by atoms with van der Waals surface area (Å²) in [6.07, 6.45) is 0. The molecule has 1 aromatic rings. The summed E-state index contributed by atoms with van der Waals surface area (Å²) in [7, 11) is 5.19. The average Bonchev–Trinajstić information content (AvgIpc) is 2.34. The lowest BCUT2D eigenvalue weighted by atomic mass is 10.1. The Hall–Kier alpha value is -1.69. The second-order valence-corrected chi connectivity index (χ2v) is 4.59. The first-order valence-electron chi connectivity index (χ1n) is 5.98. The number of carbonyl (C=O) groups is 1. The molecule has 106 valence electrons. The van der Waals surface area contributed by atoms with Gasteiger partial charge in [-0.25, -0.2) is 8.78 Å². The van der Waals surface area contributed by atoms with Gasteiger partial charge in [-0.15, -0.1) is 0 Å². The Morgan fingerprint density at radius 2 is 1.84 bits per heavy atom. The van der Waals surface area contributed by atoms with Crippen LogP contribution in [0.2, 0.25) is 0 Å². The molecular weight excluding hydrogens is 252 g/mol. The largest absolute Gasteiger partial charge is 0.383 e. The Kier molecular flexibility index (Phi) is 5.23. The van der Waals surface area contributed by atoms with E-state index in [1.807, 2.05) is 25.9 Å². The van der Waals surface area contributed by atoms with E-state index < -0.39 is 17.5 Å². The second-order valence-electron chi connectivity index (χ2n) is 4.59. The molecule has 0 bridgehead atoms. The highest BCUT2D eigenvalue weighted by Gasteiger charge is 2.15. The van der Waals surface area contributed by atoms with Gasteiger partial charge in [0.2, 0.25) is 0 Å². The van der Waals surface area contributed by atoms with Crippen LogP contribution < -0.4 is 10.6 Å². The molecule has 0 aliphatic rings. The van der Waals surface area contributed by atoms with Crippen molar-refractivity contribution in [2.24, 2.45) is 0 Å². The summed E-state index contributed by atoms with van der Waals surface area (Å²) in [5.74, 6) is -2.06. The summed E-state index contributed by atoms with van der Waals surface area (Å²) in [5, 5.41) is 5.04. The van der Waals surface area contributed by atoms with Crippen molar-refractivity contribution >= 4 is 11.6 Å². The van der Waals surface area contributed by atoms with Crippen LogP contribution >= 0.6 is 0 Å². The minimum absolute atomic E-state index is 0.0278. The van der Waals surface area contributed by atoms with E-state index in [-0.39, 0.29) is 17.3 Å². The number of likely N-dealkylation sites (N-methyl/N-ethyl adjacent to an activating group) is 1. The molecular formula is C13H19F2N3O. The van der Waals surface area contributed by atoms with E-state index in [0.717, 1.165) is 12.1 Å². The van der Waals surface area contributed by atoms with Crippen LogP contribution in [0, 0.1) is 11.6 Å². The normalized spacial score (nSPS) is 12.4. The Bertz CT molecular complexity index is 440. The summed E-state index contributed by atoms with van der Waals surface area (Å²) >= 11 is 0. The van der Waals surface area contributed by atoms with Gasteiger partial charge < -0.3 is 15.5 Å². The van der Waals surface area contributed by atoms with Crippen molar-refractivity contribution in [2.45, 2.75) is 13.0 Å². The third-order valence-electron chi connectivity index (χ3n) is 2.99. The summed E-state index contributed by atoms with van der Waals surface area (Å²) in [6.45, 7) is 2.34. The van der Waals surface area contributed by atoms with Crippen LogP contribution in [0.25, 0.3) is 0 Å². The van der Waals surface area contributed by atoms with E-state index in [4.69, 9.17) is 0 Å². The van der Waals surface area contributed by atoms with Crippen molar-refractivity contribution in [3.05, 3.63) is 29.3 Å². The molecule has 19 heavy (non-hydrogen) atoms. The first kappa shape index (κ1) is 15.4.